The van der Waals surface area contributed by atoms with Crippen LogP contribution in [0.3, 0.4) is 0 Å². The third-order valence-electron chi connectivity index (χ3n) is 5.18. The Kier molecular flexibility index (Phi) is 9.20. The molecule has 1 aromatic heterocycles. The summed E-state index contributed by atoms with van der Waals surface area (Å²) >= 11 is 0. The predicted octanol–water partition coefficient (Wildman–Crippen LogP) is 3.78. The molecule has 0 saturated heterocycles. The SMILES string of the molecule is CCOC(=O)c1cn(CC(=O)O)c2cc(NC3CCCCC3)c(F)cc2c1=O.O=C(O)C(F)(F)F. The van der Waals surface area contributed by atoms with E-state index >= 15 is 0 Å². The van der Waals surface area contributed by atoms with Crippen molar-refractivity contribution in [2.24, 2.45) is 0 Å². The number of carbonyl (C=O) groups is 3. The average molecular weight is 504 g/mol. The molecule has 3 N–H and O–H groups in total. The molecule has 13 heteroatoms. The fourth-order valence-electron chi connectivity index (χ4n) is 3.62. The summed E-state index contributed by atoms with van der Waals surface area (Å²) in [5, 5.41) is 19.4. The number of aliphatic carboxylic acids is 2. The molecule has 0 atom stereocenters. The van der Waals surface area contributed by atoms with Gasteiger partial charge in [0.1, 0.15) is 17.9 Å². The molecule has 2 aromatic rings. The number of carboxylic acids is 2. The second-order valence-electron chi connectivity index (χ2n) is 7.75. The number of anilines is 1. The zero-order valence-corrected chi connectivity index (χ0v) is 18.7. The van der Waals surface area contributed by atoms with Crippen LogP contribution in [-0.2, 0) is 20.9 Å². The molecule has 0 bridgehead atoms. The molecule has 1 heterocycles. The molecular formula is C22H24F4N2O7. The van der Waals surface area contributed by atoms with Crippen molar-refractivity contribution in [3.8, 4) is 0 Å². The first-order valence-electron chi connectivity index (χ1n) is 10.7. The van der Waals surface area contributed by atoms with Gasteiger partial charge >= 0.3 is 24.1 Å². The zero-order valence-electron chi connectivity index (χ0n) is 18.7. The summed E-state index contributed by atoms with van der Waals surface area (Å²) in [6.07, 6.45) is 1.24. The van der Waals surface area contributed by atoms with Crippen LogP contribution in [0.2, 0.25) is 0 Å². The molecule has 0 amide bonds. The summed E-state index contributed by atoms with van der Waals surface area (Å²) in [6.45, 7) is 1.18. The van der Waals surface area contributed by atoms with Crippen LogP contribution in [0.1, 0.15) is 49.4 Å². The Balaban J connectivity index is 0.000000540. The van der Waals surface area contributed by atoms with Crippen molar-refractivity contribution >= 4 is 34.5 Å². The standard InChI is InChI=1S/C20H23FN2O5.C2HF3O2/c1-2-28-20(27)14-10-23(11-18(24)25)17-9-16(15(21)8-13(17)19(14)26)22-12-6-4-3-5-7-12;3-2(4,5)1(6)7/h8-10,12,22H,2-7,11H2,1H3,(H,24,25);(H,6,7). The van der Waals surface area contributed by atoms with Gasteiger partial charge in [0, 0.05) is 17.6 Å². The molecule has 0 aliphatic heterocycles. The maximum atomic E-state index is 14.7. The Labute approximate surface area is 196 Å². The lowest BCUT2D eigenvalue weighted by Crippen LogP contribution is -2.24. The molecule has 3 rings (SSSR count). The highest BCUT2D eigenvalue weighted by molar-refractivity contribution is 5.95. The van der Waals surface area contributed by atoms with Crippen LogP contribution < -0.4 is 10.7 Å². The van der Waals surface area contributed by atoms with Crippen molar-refractivity contribution in [3.05, 3.63) is 39.9 Å². The molecule has 9 nitrogen and oxygen atoms in total. The number of carboxylic acid groups (broad SMARTS) is 2. The van der Waals surface area contributed by atoms with E-state index in [1.54, 1.807) is 6.92 Å². The van der Waals surface area contributed by atoms with Crippen molar-refractivity contribution in [3.63, 3.8) is 0 Å². The van der Waals surface area contributed by atoms with E-state index in [2.05, 4.69) is 5.32 Å². The summed E-state index contributed by atoms with van der Waals surface area (Å²) in [6, 6.07) is 2.64. The van der Waals surface area contributed by atoms with Gasteiger partial charge in [-0.25, -0.2) is 14.0 Å². The van der Waals surface area contributed by atoms with E-state index in [9.17, 15) is 37.1 Å². The molecule has 1 saturated carbocycles. The van der Waals surface area contributed by atoms with E-state index in [0.717, 1.165) is 38.2 Å². The summed E-state index contributed by atoms with van der Waals surface area (Å²) in [5.41, 5.74) is -0.525. The first kappa shape index (κ1) is 27.6. The lowest BCUT2D eigenvalue weighted by atomic mass is 9.95. The minimum Gasteiger partial charge on any atom is -0.480 e. The summed E-state index contributed by atoms with van der Waals surface area (Å²) < 4.78 is 52.5. The monoisotopic (exact) mass is 504 g/mol. The molecule has 1 aliphatic carbocycles. The maximum absolute atomic E-state index is 14.7. The number of carbonyl (C=O) groups excluding carboxylic acids is 1. The number of halogens is 4. The van der Waals surface area contributed by atoms with Gasteiger partial charge in [0.15, 0.2) is 0 Å². The van der Waals surface area contributed by atoms with E-state index in [1.165, 1.54) is 16.8 Å². The van der Waals surface area contributed by atoms with Gasteiger partial charge in [0.05, 0.1) is 17.8 Å². The first-order chi connectivity index (χ1) is 16.3. The second kappa shape index (κ2) is 11.7. The van der Waals surface area contributed by atoms with E-state index in [4.69, 9.17) is 14.6 Å². The van der Waals surface area contributed by atoms with E-state index in [1.807, 2.05) is 0 Å². The number of rotatable bonds is 6. The number of nitrogens with one attached hydrogen (secondary N) is 1. The Morgan fingerprint density at radius 2 is 1.74 bits per heavy atom. The lowest BCUT2D eigenvalue weighted by Gasteiger charge is -2.24. The minimum absolute atomic E-state index is 0.0569. The fraction of sp³-hybridized carbons (Fsp3) is 0.455. The number of benzene rings is 1. The van der Waals surface area contributed by atoms with Gasteiger partial charge in [-0.1, -0.05) is 19.3 Å². The Hall–Kier alpha value is -3.64. The Morgan fingerprint density at radius 3 is 2.26 bits per heavy atom. The Morgan fingerprint density at radius 1 is 1.14 bits per heavy atom. The molecule has 0 radical (unpaired) electrons. The lowest BCUT2D eigenvalue weighted by molar-refractivity contribution is -0.192. The highest BCUT2D eigenvalue weighted by atomic mass is 19.4. The first-order valence-corrected chi connectivity index (χ1v) is 10.7. The van der Waals surface area contributed by atoms with Crippen molar-refractivity contribution in [1.82, 2.24) is 4.57 Å². The molecule has 0 spiro atoms. The van der Waals surface area contributed by atoms with E-state index in [-0.39, 0.29) is 34.8 Å². The fourth-order valence-corrected chi connectivity index (χ4v) is 3.62. The maximum Gasteiger partial charge on any atom is 0.490 e. The third-order valence-corrected chi connectivity index (χ3v) is 5.18. The van der Waals surface area contributed by atoms with Gasteiger partial charge in [0.2, 0.25) is 5.43 Å². The summed E-state index contributed by atoms with van der Waals surface area (Å²) in [4.78, 5) is 44.9. The minimum atomic E-state index is -5.08. The third kappa shape index (κ3) is 7.42. The molecule has 1 fully saturated rings. The molecule has 0 unspecified atom stereocenters. The molecule has 1 aromatic carbocycles. The summed E-state index contributed by atoms with van der Waals surface area (Å²) in [7, 11) is 0. The quantitative estimate of drug-likeness (QED) is 0.400. The number of fused-ring (bicyclic) bond motifs is 1. The molecule has 35 heavy (non-hydrogen) atoms. The van der Waals surface area contributed by atoms with Gasteiger partial charge in [-0.3, -0.25) is 9.59 Å². The zero-order chi connectivity index (χ0) is 26.3. The normalized spacial score (nSPS) is 14.1. The van der Waals surface area contributed by atoms with Crippen LogP contribution in [0.15, 0.2) is 23.1 Å². The molecule has 1 aliphatic rings. The second-order valence-corrected chi connectivity index (χ2v) is 7.75. The number of ether oxygens (including phenoxy) is 1. The van der Waals surface area contributed by atoms with Crippen molar-refractivity contribution in [2.75, 3.05) is 11.9 Å². The largest absolute Gasteiger partial charge is 0.490 e. The van der Waals surface area contributed by atoms with Crippen molar-refractivity contribution < 1.29 is 46.9 Å². The van der Waals surface area contributed by atoms with Crippen LogP contribution in [0.25, 0.3) is 10.9 Å². The van der Waals surface area contributed by atoms with Gasteiger partial charge < -0.3 is 24.8 Å². The molecule has 192 valence electrons. The number of esters is 1. The number of nitrogens with zero attached hydrogens (tertiary/aromatic N) is 1. The predicted molar refractivity (Wildman–Crippen MR) is 116 cm³/mol. The number of hydrogen-bond donors (Lipinski definition) is 3. The topological polar surface area (TPSA) is 135 Å². The average Bonchev–Trinajstić information content (AvgIpc) is 2.77. The summed E-state index contributed by atoms with van der Waals surface area (Å²) in [5.74, 6) is -5.38. The van der Waals surface area contributed by atoms with E-state index in [0.29, 0.717) is 0 Å². The van der Waals surface area contributed by atoms with Crippen LogP contribution >= 0.6 is 0 Å². The number of pyridine rings is 1. The van der Waals surface area contributed by atoms with Gasteiger partial charge in [-0.15, -0.1) is 0 Å². The number of alkyl halides is 3. The number of hydrogen-bond acceptors (Lipinski definition) is 6. The highest BCUT2D eigenvalue weighted by Gasteiger charge is 2.38. The van der Waals surface area contributed by atoms with Gasteiger partial charge in [0.25, 0.3) is 0 Å². The Bertz CT molecular complexity index is 1160. The van der Waals surface area contributed by atoms with Crippen LogP contribution in [0.4, 0.5) is 23.2 Å². The highest BCUT2D eigenvalue weighted by Crippen LogP contribution is 2.26. The molecular weight excluding hydrogens is 480 g/mol. The van der Waals surface area contributed by atoms with Gasteiger partial charge in [-0.05, 0) is 31.9 Å². The smallest absolute Gasteiger partial charge is 0.480 e. The van der Waals surface area contributed by atoms with Crippen molar-refractivity contribution in [2.45, 2.75) is 57.8 Å². The van der Waals surface area contributed by atoms with Crippen LogP contribution in [0.5, 0.6) is 0 Å². The van der Waals surface area contributed by atoms with Crippen LogP contribution in [-0.4, -0.2) is 51.5 Å². The number of aromatic nitrogens is 1. The van der Waals surface area contributed by atoms with Crippen LogP contribution in [0, 0.1) is 5.82 Å². The van der Waals surface area contributed by atoms with Crippen molar-refractivity contribution in [1.29, 1.82) is 0 Å². The van der Waals surface area contributed by atoms with Gasteiger partial charge in [-0.2, -0.15) is 13.2 Å². The van der Waals surface area contributed by atoms with E-state index < -0.39 is 41.9 Å².